The third-order valence-electron chi connectivity index (χ3n) is 6.57. The Kier molecular flexibility index (Phi) is 6.30. The molecule has 0 radical (unpaired) electrons. The molecule has 0 spiro atoms. The van der Waals surface area contributed by atoms with Gasteiger partial charge in [-0.15, -0.1) is 5.10 Å². The second-order valence-electron chi connectivity index (χ2n) is 9.18. The van der Waals surface area contributed by atoms with Gasteiger partial charge in [-0.25, -0.2) is 4.68 Å². The number of nitrogens with zero attached hydrogens (tertiary/aromatic N) is 5. The van der Waals surface area contributed by atoms with Crippen molar-refractivity contribution in [1.82, 2.24) is 30.1 Å². The van der Waals surface area contributed by atoms with E-state index in [9.17, 15) is 4.79 Å². The van der Waals surface area contributed by atoms with Crippen LogP contribution < -0.4 is 5.56 Å². The Bertz CT molecular complexity index is 1270. The van der Waals surface area contributed by atoms with Crippen molar-refractivity contribution in [3.8, 4) is 0 Å². The number of aryl methyl sites for hydroxylation is 1. The summed E-state index contributed by atoms with van der Waals surface area (Å²) in [5, 5.41) is 13.7. The number of benzene rings is 2. The standard InChI is InChI=1S/C26H30N6O/c1-19-12-13-21-15-22(26(33)27-24(21)14-19)17-31(16-20-8-4-2-5-9-20)18-25-28-29-30-32(25)23-10-6-3-7-11-23/h2,4-5,8-9,12-15,23H,3,6-7,10-11,16-18H2,1H3,(H,27,33). The summed E-state index contributed by atoms with van der Waals surface area (Å²) in [6.45, 7) is 3.85. The molecule has 2 heterocycles. The number of tetrazole rings is 1. The Morgan fingerprint density at radius 1 is 1.00 bits per heavy atom. The summed E-state index contributed by atoms with van der Waals surface area (Å²) in [6.07, 6.45) is 5.99. The van der Waals surface area contributed by atoms with Crippen molar-refractivity contribution in [3.05, 3.63) is 87.5 Å². The largest absolute Gasteiger partial charge is 0.322 e. The van der Waals surface area contributed by atoms with E-state index >= 15 is 0 Å². The van der Waals surface area contributed by atoms with Crippen LogP contribution in [0.15, 0.2) is 59.4 Å². The first-order valence-electron chi connectivity index (χ1n) is 11.8. The van der Waals surface area contributed by atoms with E-state index in [1.165, 1.54) is 24.8 Å². The zero-order valence-corrected chi connectivity index (χ0v) is 19.1. The third-order valence-corrected chi connectivity index (χ3v) is 6.57. The van der Waals surface area contributed by atoms with E-state index in [0.29, 0.717) is 25.7 Å². The van der Waals surface area contributed by atoms with Crippen LogP contribution in [0.3, 0.4) is 0 Å². The van der Waals surface area contributed by atoms with E-state index in [0.717, 1.165) is 40.7 Å². The smallest absolute Gasteiger partial charge is 0.252 e. The molecule has 2 aromatic heterocycles. The maximum atomic E-state index is 12.9. The number of aromatic nitrogens is 5. The Morgan fingerprint density at radius 2 is 1.82 bits per heavy atom. The van der Waals surface area contributed by atoms with Gasteiger partial charge in [0.1, 0.15) is 0 Å². The highest BCUT2D eigenvalue weighted by atomic mass is 16.1. The van der Waals surface area contributed by atoms with Crippen molar-refractivity contribution in [1.29, 1.82) is 0 Å². The summed E-state index contributed by atoms with van der Waals surface area (Å²) >= 11 is 0. The van der Waals surface area contributed by atoms with E-state index in [2.05, 4.69) is 49.7 Å². The van der Waals surface area contributed by atoms with Crippen LogP contribution in [0.4, 0.5) is 0 Å². The molecule has 5 rings (SSSR count). The molecule has 1 N–H and O–H groups in total. The van der Waals surface area contributed by atoms with Crippen LogP contribution in [0, 0.1) is 6.92 Å². The Labute approximate surface area is 193 Å². The monoisotopic (exact) mass is 442 g/mol. The van der Waals surface area contributed by atoms with Gasteiger partial charge in [0.25, 0.3) is 5.56 Å². The Hall–Kier alpha value is -3.32. The number of hydrogen-bond acceptors (Lipinski definition) is 5. The normalized spacial score (nSPS) is 14.8. The first-order valence-corrected chi connectivity index (χ1v) is 11.8. The van der Waals surface area contributed by atoms with E-state index in [4.69, 9.17) is 0 Å². The van der Waals surface area contributed by atoms with Crippen LogP contribution in [-0.2, 0) is 19.6 Å². The minimum atomic E-state index is -0.0435. The quantitative estimate of drug-likeness (QED) is 0.455. The number of rotatable bonds is 7. The van der Waals surface area contributed by atoms with Gasteiger partial charge in [-0.1, -0.05) is 61.7 Å². The fourth-order valence-electron chi connectivity index (χ4n) is 4.85. The molecule has 2 aromatic carbocycles. The number of H-pyrrole nitrogens is 1. The van der Waals surface area contributed by atoms with Crippen LogP contribution in [0.1, 0.15) is 60.7 Å². The molecule has 4 aromatic rings. The number of hydrogen-bond donors (Lipinski definition) is 1. The molecule has 0 unspecified atom stereocenters. The van der Waals surface area contributed by atoms with Gasteiger partial charge in [0.15, 0.2) is 5.82 Å². The van der Waals surface area contributed by atoms with Gasteiger partial charge < -0.3 is 4.98 Å². The highest BCUT2D eigenvalue weighted by molar-refractivity contribution is 5.79. The highest BCUT2D eigenvalue weighted by Gasteiger charge is 2.22. The zero-order valence-electron chi connectivity index (χ0n) is 19.1. The van der Waals surface area contributed by atoms with E-state index in [1.54, 1.807) is 0 Å². The average molecular weight is 443 g/mol. The molecule has 1 fully saturated rings. The van der Waals surface area contributed by atoms with Crippen molar-refractivity contribution >= 4 is 10.9 Å². The van der Waals surface area contributed by atoms with Gasteiger partial charge in [0, 0.05) is 24.2 Å². The van der Waals surface area contributed by atoms with Gasteiger partial charge >= 0.3 is 0 Å². The van der Waals surface area contributed by atoms with Crippen LogP contribution in [0.5, 0.6) is 0 Å². The molecule has 0 saturated heterocycles. The van der Waals surface area contributed by atoms with Crippen LogP contribution in [0.2, 0.25) is 0 Å². The van der Waals surface area contributed by atoms with Gasteiger partial charge in [-0.2, -0.15) is 0 Å². The van der Waals surface area contributed by atoms with E-state index in [1.807, 2.05) is 41.9 Å². The maximum absolute atomic E-state index is 12.9. The summed E-state index contributed by atoms with van der Waals surface area (Å²) in [5.74, 6) is 0.866. The highest BCUT2D eigenvalue weighted by Crippen LogP contribution is 2.28. The summed E-state index contributed by atoms with van der Waals surface area (Å²) in [6, 6.07) is 18.9. The summed E-state index contributed by atoms with van der Waals surface area (Å²) in [4.78, 5) is 18.2. The van der Waals surface area contributed by atoms with Crippen molar-refractivity contribution in [2.24, 2.45) is 0 Å². The van der Waals surface area contributed by atoms with Gasteiger partial charge in [-0.05, 0) is 58.8 Å². The second-order valence-corrected chi connectivity index (χ2v) is 9.18. The minimum Gasteiger partial charge on any atom is -0.322 e. The molecule has 1 saturated carbocycles. The lowest BCUT2D eigenvalue weighted by Crippen LogP contribution is -2.29. The molecule has 0 aliphatic heterocycles. The molecule has 1 aliphatic carbocycles. The molecular weight excluding hydrogens is 412 g/mol. The summed E-state index contributed by atoms with van der Waals surface area (Å²) in [7, 11) is 0. The number of fused-ring (bicyclic) bond motifs is 1. The Morgan fingerprint density at radius 3 is 2.64 bits per heavy atom. The van der Waals surface area contributed by atoms with Crippen molar-refractivity contribution in [2.75, 3.05) is 0 Å². The topological polar surface area (TPSA) is 79.7 Å². The van der Waals surface area contributed by atoms with Gasteiger partial charge in [-0.3, -0.25) is 9.69 Å². The lowest BCUT2D eigenvalue weighted by molar-refractivity contribution is 0.225. The fraction of sp³-hybridized carbons (Fsp3) is 0.385. The van der Waals surface area contributed by atoms with Crippen LogP contribution in [-0.4, -0.2) is 30.1 Å². The maximum Gasteiger partial charge on any atom is 0.252 e. The molecule has 0 atom stereocenters. The fourth-order valence-corrected chi connectivity index (χ4v) is 4.85. The van der Waals surface area contributed by atoms with Crippen LogP contribution >= 0.6 is 0 Å². The molecule has 1 aliphatic rings. The van der Waals surface area contributed by atoms with Crippen LogP contribution in [0.25, 0.3) is 10.9 Å². The van der Waals surface area contributed by atoms with Crippen molar-refractivity contribution < 1.29 is 0 Å². The van der Waals surface area contributed by atoms with E-state index in [-0.39, 0.29) is 5.56 Å². The first kappa shape index (κ1) is 21.5. The predicted octanol–water partition coefficient (Wildman–Crippen LogP) is 4.53. The zero-order chi connectivity index (χ0) is 22.6. The predicted molar refractivity (Wildman–Crippen MR) is 129 cm³/mol. The van der Waals surface area contributed by atoms with Gasteiger partial charge in [0.2, 0.25) is 0 Å². The lowest BCUT2D eigenvalue weighted by Gasteiger charge is -2.25. The molecule has 0 bridgehead atoms. The molecule has 33 heavy (non-hydrogen) atoms. The third kappa shape index (κ3) is 5.03. The van der Waals surface area contributed by atoms with E-state index < -0.39 is 0 Å². The summed E-state index contributed by atoms with van der Waals surface area (Å²) < 4.78 is 2.02. The molecule has 7 heteroatoms. The summed E-state index contributed by atoms with van der Waals surface area (Å²) in [5.41, 5.74) is 3.91. The minimum absolute atomic E-state index is 0.0435. The first-order chi connectivity index (χ1) is 16.2. The average Bonchev–Trinajstić information content (AvgIpc) is 3.29. The molecular formula is C26H30N6O. The lowest BCUT2D eigenvalue weighted by atomic mass is 9.95. The molecule has 7 nitrogen and oxygen atoms in total. The molecule has 170 valence electrons. The van der Waals surface area contributed by atoms with Crippen molar-refractivity contribution in [3.63, 3.8) is 0 Å². The number of aromatic amines is 1. The van der Waals surface area contributed by atoms with Gasteiger partial charge in [0.05, 0.1) is 12.6 Å². The number of pyridine rings is 1. The second kappa shape index (κ2) is 9.67. The Balaban J connectivity index is 1.44. The number of nitrogens with one attached hydrogen (secondary N) is 1. The molecule has 0 amide bonds. The van der Waals surface area contributed by atoms with Crippen molar-refractivity contribution in [2.45, 2.75) is 64.7 Å². The SMILES string of the molecule is Cc1ccc2cc(CN(Cc3ccccc3)Cc3nnnn3C3CCCCC3)c(=O)[nH]c2c1.